The Morgan fingerprint density at radius 1 is 1.06 bits per heavy atom. The molecule has 3 aromatic carbocycles. The molecule has 1 saturated heterocycles. The number of para-hydroxylation sites is 1. The third-order valence-electron chi connectivity index (χ3n) is 4.92. The van der Waals surface area contributed by atoms with Gasteiger partial charge in [-0.3, -0.25) is 9.59 Å². The number of nitrogens with one attached hydrogen (secondary N) is 2. The molecule has 35 heavy (non-hydrogen) atoms. The van der Waals surface area contributed by atoms with Crippen LogP contribution in [-0.4, -0.2) is 34.4 Å². The molecule has 0 aromatic heterocycles. The van der Waals surface area contributed by atoms with E-state index in [1.165, 1.54) is 6.21 Å². The molecule has 3 aromatic rings. The van der Waals surface area contributed by atoms with Gasteiger partial charge in [0.05, 0.1) is 11.8 Å². The predicted octanol–water partition coefficient (Wildman–Crippen LogP) is 4.16. The quantitative estimate of drug-likeness (QED) is 0.226. The first-order valence-electron chi connectivity index (χ1n) is 10.8. The Balaban J connectivity index is 1.32. The number of nitrogens with zero attached hydrogens (tertiary/aromatic N) is 2. The maximum atomic E-state index is 12.3. The van der Waals surface area contributed by atoms with Gasteiger partial charge in [0.25, 0.3) is 0 Å². The molecule has 0 radical (unpaired) electrons. The standard InChI is InChI=1S/C26H22N4O4S/c1-17-10-12-19(13-11-17)25(33)34-21-9-5-6-18(14-21)16-27-30-26-29-24(32)22(35-26)15-23(31)28-20-7-3-2-4-8-20/h2-14,16,22H,15H2,1H3,(H,28,31)(H,29,30,32)/b27-16-/t22-/m0/s1. The van der Waals surface area contributed by atoms with Gasteiger partial charge in [-0.1, -0.05) is 59.8 Å². The Morgan fingerprint density at radius 3 is 2.60 bits per heavy atom. The van der Waals surface area contributed by atoms with Crippen LogP contribution >= 0.6 is 11.8 Å². The monoisotopic (exact) mass is 486 g/mol. The average molecular weight is 487 g/mol. The van der Waals surface area contributed by atoms with Crippen molar-refractivity contribution in [1.29, 1.82) is 0 Å². The molecule has 176 valence electrons. The number of esters is 1. The van der Waals surface area contributed by atoms with Gasteiger partial charge in [0.2, 0.25) is 11.8 Å². The molecule has 2 amide bonds. The molecule has 0 spiro atoms. The van der Waals surface area contributed by atoms with Gasteiger partial charge in [-0.15, -0.1) is 5.10 Å². The number of ether oxygens (including phenoxy) is 1. The van der Waals surface area contributed by atoms with Crippen LogP contribution in [0, 0.1) is 6.92 Å². The first kappa shape index (κ1) is 23.9. The zero-order valence-electron chi connectivity index (χ0n) is 18.8. The third kappa shape index (κ3) is 6.87. The predicted molar refractivity (Wildman–Crippen MR) is 137 cm³/mol. The first-order valence-corrected chi connectivity index (χ1v) is 11.7. The number of carbonyl (C=O) groups is 3. The van der Waals surface area contributed by atoms with Crippen LogP contribution in [0.15, 0.2) is 89.1 Å². The number of aryl methyl sites for hydroxylation is 1. The van der Waals surface area contributed by atoms with Crippen molar-refractivity contribution in [3.8, 4) is 5.75 Å². The molecule has 0 unspecified atom stereocenters. The molecule has 1 heterocycles. The van der Waals surface area contributed by atoms with Crippen LogP contribution in [0.25, 0.3) is 0 Å². The van der Waals surface area contributed by atoms with E-state index in [0.717, 1.165) is 17.3 Å². The molecule has 1 fully saturated rings. The average Bonchev–Trinajstić information content (AvgIpc) is 3.19. The van der Waals surface area contributed by atoms with E-state index in [0.29, 0.717) is 27.7 Å². The first-order chi connectivity index (χ1) is 17.0. The van der Waals surface area contributed by atoms with Crippen LogP contribution in [0.5, 0.6) is 5.75 Å². The molecule has 2 N–H and O–H groups in total. The van der Waals surface area contributed by atoms with Crippen molar-refractivity contribution in [2.75, 3.05) is 5.32 Å². The van der Waals surface area contributed by atoms with E-state index in [1.807, 2.05) is 37.3 Å². The molecule has 1 atom stereocenters. The van der Waals surface area contributed by atoms with E-state index < -0.39 is 11.2 Å². The van der Waals surface area contributed by atoms with Crippen LogP contribution in [-0.2, 0) is 9.59 Å². The second kappa shape index (κ2) is 11.3. The minimum absolute atomic E-state index is 0.0164. The number of amidine groups is 1. The Kier molecular flexibility index (Phi) is 7.69. The van der Waals surface area contributed by atoms with Crippen molar-refractivity contribution >= 4 is 46.6 Å². The highest BCUT2D eigenvalue weighted by molar-refractivity contribution is 8.15. The normalized spacial score (nSPS) is 16.3. The molecule has 9 heteroatoms. The zero-order chi connectivity index (χ0) is 24.6. The van der Waals surface area contributed by atoms with Crippen molar-refractivity contribution in [3.05, 3.63) is 95.6 Å². The Bertz CT molecular complexity index is 1290. The Labute approximate surface area is 206 Å². The third-order valence-corrected chi connectivity index (χ3v) is 5.99. The molecule has 1 aliphatic heterocycles. The van der Waals surface area contributed by atoms with Gasteiger partial charge < -0.3 is 15.4 Å². The fourth-order valence-electron chi connectivity index (χ4n) is 3.15. The van der Waals surface area contributed by atoms with Crippen molar-refractivity contribution in [3.63, 3.8) is 0 Å². The summed E-state index contributed by atoms with van der Waals surface area (Å²) in [5, 5.41) is 13.2. The van der Waals surface area contributed by atoms with Gasteiger partial charge in [-0.2, -0.15) is 5.10 Å². The molecule has 0 bridgehead atoms. The lowest BCUT2D eigenvalue weighted by Gasteiger charge is -2.06. The summed E-state index contributed by atoms with van der Waals surface area (Å²) in [7, 11) is 0. The highest BCUT2D eigenvalue weighted by Gasteiger charge is 2.32. The van der Waals surface area contributed by atoms with E-state index in [-0.39, 0.29) is 18.2 Å². The lowest BCUT2D eigenvalue weighted by molar-refractivity contribution is -0.122. The van der Waals surface area contributed by atoms with Gasteiger partial charge in [-0.05, 0) is 48.9 Å². The van der Waals surface area contributed by atoms with E-state index in [9.17, 15) is 14.4 Å². The number of hydrogen-bond donors (Lipinski definition) is 2. The summed E-state index contributed by atoms with van der Waals surface area (Å²) < 4.78 is 5.43. The van der Waals surface area contributed by atoms with Gasteiger partial charge in [-0.25, -0.2) is 4.79 Å². The van der Waals surface area contributed by atoms with Gasteiger partial charge in [0, 0.05) is 12.1 Å². The number of thioether (sulfide) groups is 1. The van der Waals surface area contributed by atoms with Crippen molar-refractivity contribution in [2.24, 2.45) is 10.2 Å². The highest BCUT2D eigenvalue weighted by Crippen LogP contribution is 2.23. The number of benzene rings is 3. The number of hydrogen-bond acceptors (Lipinski definition) is 7. The molecule has 0 aliphatic carbocycles. The SMILES string of the molecule is Cc1ccc(C(=O)Oc2cccc(/C=N\N=C3\NC(=O)[C@H](CC(=O)Nc4ccccc4)S3)c2)cc1. The van der Waals surface area contributed by atoms with Crippen LogP contribution in [0.1, 0.15) is 27.9 Å². The molecular formula is C26H22N4O4S. The molecule has 8 nitrogen and oxygen atoms in total. The van der Waals surface area contributed by atoms with E-state index in [4.69, 9.17) is 4.74 Å². The minimum Gasteiger partial charge on any atom is -0.423 e. The topological polar surface area (TPSA) is 109 Å². The number of rotatable bonds is 7. The Morgan fingerprint density at radius 2 is 1.83 bits per heavy atom. The summed E-state index contributed by atoms with van der Waals surface area (Å²) in [5.74, 6) is -0.630. The maximum absolute atomic E-state index is 12.3. The second-order valence-electron chi connectivity index (χ2n) is 7.69. The van der Waals surface area contributed by atoms with Gasteiger partial charge >= 0.3 is 5.97 Å². The summed E-state index contributed by atoms with van der Waals surface area (Å²) in [4.78, 5) is 36.7. The van der Waals surface area contributed by atoms with Crippen LogP contribution in [0.4, 0.5) is 5.69 Å². The summed E-state index contributed by atoms with van der Waals surface area (Å²) in [5.41, 5.74) is 2.85. The van der Waals surface area contributed by atoms with Crippen molar-refractivity contribution < 1.29 is 19.1 Å². The lowest BCUT2D eigenvalue weighted by Crippen LogP contribution is -2.28. The highest BCUT2D eigenvalue weighted by atomic mass is 32.2. The summed E-state index contributed by atoms with van der Waals surface area (Å²) in [6.07, 6.45) is 1.50. The number of amides is 2. The minimum atomic E-state index is -0.586. The molecule has 4 rings (SSSR count). The molecule has 0 saturated carbocycles. The zero-order valence-corrected chi connectivity index (χ0v) is 19.6. The van der Waals surface area contributed by atoms with Gasteiger partial charge in [0.15, 0.2) is 5.17 Å². The van der Waals surface area contributed by atoms with Gasteiger partial charge in [0.1, 0.15) is 11.0 Å². The number of anilines is 1. The summed E-state index contributed by atoms with van der Waals surface area (Å²) in [6.45, 7) is 1.94. The fourth-order valence-corrected chi connectivity index (χ4v) is 4.07. The van der Waals surface area contributed by atoms with Crippen LogP contribution < -0.4 is 15.4 Å². The van der Waals surface area contributed by atoms with Crippen molar-refractivity contribution in [2.45, 2.75) is 18.6 Å². The lowest BCUT2D eigenvalue weighted by atomic mass is 10.1. The van der Waals surface area contributed by atoms with E-state index in [2.05, 4.69) is 20.8 Å². The smallest absolute Gasteiger partial charge is 0.343 e. The fraction of sp³-hybridized carbons (Fsp3) is 0.115. The largest absolute Gasteiger partial charge is 0.423 e. The van der Waals surface area contributed by atoms with E-state index >= 15 is 0 Å². The van der Waals surface area contributed by atoms with E-state index in [1.54, 1.807) is 48.5 Å². The summed E-state index contributed by atoms with van der Waals surface area (Å²) >= 11 is 1.15. The van der Waals surface area contributed by atoms with Crippen LogP contribution in [0.3, 0.4) is 0 Å². The van der Waals surface area contributed by atoms with Crippen molar-refractivity contribution in [1.82, 2.24) is 5.32 Å². The molecular weight excluding hydrogens is 464 g/mol. The van der Waals surface area contributed by atoms with Crippen LogP contribution in [0.2, 0.25) is 0 Å². The number of carbonyl (C=O) groups excluding carboxylic acids is 3. The maximum Gasteiger partial charge on any atom is 0.343 e. The second-order valence-corrected chi connectivity index (χ2v) is 8.88. The summed E-state index contributed by atoms with van der Waals surface area (Å²) in [6, 6.07) is 23.0. The molecule has 1 aliphatic rings. The Hall–Kier alpha value is -4.24.